The van der Waals surface area contributed by atoms with Crippen molar-refractivity contribution in [1.29, 1.82) is 0 Å². The van der Waals surface area contributed by atoms with Crippen LogP contribution in [0.1, 0.15) is 0 Å². The Morgan fingerprint density at radius 1 is 1.32 bits per heavy atom. The highest BCUT2D eigenvalue weighted by atomic mass is 127. The van der Waals surface area contributed by atoms with Gasteiger partial charge in [-0.25, -0.2) is 9.59 Å². The molecule has 1 aromatic rings. The highest BCUT2D eigenvalue weighted by Gasteiger charge is 2.14. The Kier molecular flexibility index (Phi) is 6.10. The molecule has 1 N–H and O–H groups in total. The smallest absolute Gasteiger partial charge is 0.354 e. The topological polar surface area (TPSA) is 64.6 Å². The maximum Gasteiger partial charge on any atom is 0.354 e. The zero-order valence-corrected chi connectivity index (χ0v) is 13.1. The second-order valence-electron chi connectivity index (χ2n) is 3.32. The fourth-order valence-corrected chi connectivity index (χ4v) is 1.81. The normalized spacial score (nSPS) is 10.8. The molecule has 0 spiro atoms. The lowest BCUT2D eigenvalue weighted by molar-refractivity contribution is -0.138. The van der Waals surface area contributed by atoms with Crippen LogP contribution in [0.2, 0.25) is 5.02 Å². The first-order valence-corrected chi connectivity index (χ1v) is 6.53. The molecular weight excluding hydrogens is 384 g/mol. The number of ether oxygens (including phenoxy) is 2. The minimum atomic E-state index is -0.679. The van der Waals surface area contributed by atoms with Gasteiger partial charge in [0.25, 0.3) is 0 Å². The zero-order chi connectivity index (χ0) is 14.4. The maximum absolute atomic E-state index is 11.6. The molecule has 0 aromatic heterocycles. The summed E-state index contributed by atoms with van der Waals surface area (Å²) in [7, 11) is 2.44. The lowest BCUT2D eigenvalue weighted by atomic mass is 10.3. The molecule has 0 bridgehead atoms. The zero-order valence-electron chi connectivity index (χ0n) is 10.2. The molecule has 0 fully saturated rings. The Morgan fingerprint density at radius 3 is 2.58 bits per heavy atom. The second-order valence-corrected chi connectivity index (χ2v) is 4.92. The fourth-order valence-electron chi connectivity index (χ4n) is 1.17. The molecule has 1 rings (SSSR count). The summed E-state index contributed by atoms with van der Waals surface area (Å²) >= 11 is 7.95. The summed E-state index contributed by atoms with van der Waals surface area (Å²) in [5.74, 6) is -1.34. The number of methoxy groups -OCH3 is 2. The van der Waals surface area contributed by atoms with E-state index in [2.05, 4.69) is 37.4 Å². The van der Waals surface area contributed by atoms with Crippen LogP contribution in [0.4, 0.5) is 5.69 Å². The number of nitrogens with one attached hydrogen (secondary N) is 1. The molecule has 0 amide bonds. The Labute approximate surface area is 129 Å². The third-order valence-electron chi connectivity index (χ3n) is 2.07. The molecule has 7 heteroatoms. The molecule has 0 aliphatic heterocycles. The summed E-state index contributed by atoms with van der Waals surface area (Å²) in [6.45, 7) is 0. The lowest BCUT2D eigenvalue weighted by Gasteiger charge is -2.11. The number of carbonyl (C=O) groups is 2. The van der Waals surface area contributed by atoms with Gasteiger partial charge >= 0.3 is 11.9 Å². The largest absolute Gasteiger partial charge is 0.466 e. The monoisotopic (exact) mass is 395 g/mol. The van der Waals surface area contributed by atoms with E-state index in [1.165, 1.54) is 14.2 Å². The standard InChI is InChI=1S/C12H11ClINO4/c1-18-11(16)6-10(12(17)19-2)15-9-5-7(13)3-4-8(9)14/h3-6,15H,1-2H3/b10-6+. The number of anilines is 1. The molecule has 0 heterocycles. The Balaban J connectivity index is 3.07. The maximum atomic E-state index is 11.6. The van der Waals surface area contributed by atoms with Crippen molar-refractivity contribution in [1.82, 2.24) is 0 Å². The molecule has 5 nitrogen and oxygen atoms in total. The number of halogens is 2. The molecule has 0 unspecified atom stereocenters. The van der Waals surface area contributed by atoms with Gasteiger partial charge in [0.1, 0.15) is 5.70 Å². The van der Waals surface area contributed by atoms with Crippen LogP contribution in [0.15, 0.2) is 30.0 Å². The van der Waals surface area contributed by atoms with Crippen molar-refractivity contribution < 1.29 is 19.1 Å². The summed E-state index contributed by atoms with van der Waals surface area (Å²) in [6, 6.07) is 5.13. The third kappa shape index (κ3) is 4.71. The van der Waals surface area contributed by atoms with E-state index >= 15 is 0 Å². The van der Waals surface area contributed by atoms with Crippen molar-refractivity contribution in [3.05, 3.63) is 38.6 Å². The Hall–Kier alpha value is -1.28. The fraction of sp³-hybridized carbons (Fsp3) is 0.167. The average Bonchev–Trinajstić information content (AvgIpc) is 2.40. The molecule has 0 saturated heterocycles. The van der Waals surface area contributed by atoms with Gasteiger partial charge in [-0.1, -0.05) is 11.6 Å². The van der Waals surface area contributed by atoms with Crippen molar-refractivity contribution in [3.8, 4) is 0 Å². The summed E-state index contributed by atoms with van der Waals surface area (Å²) in [6.07, 6.45) is 1.02. The SMILES string of the molecule is COC(=O)/C=C(/Nc1cc(Cl)ccc1I)C(=O)OC. The van der Waals surface area contributed by atoms with Crippen LogP contribution in [0, 0.1) is 3.57 Å². The van der Waals surface area contributed by atoms with Crippen LogP contribution in [0.25, 0.3) is 0 Å². The van der Waals surface area contributed by atoms with Gasteiger partial charge in [0, 0.05) is 8.59 Å². The molecule has 0 saturated carbocycles. The van der Waals surface area contributed by atoms with Crippen LogP contribution in [0.5, 0.6) is 0 Å². The van der Waals surface area contributed by atoms with Gasteiger partial charge in [-0.05, 0) is 40.8 Å². The van der Waals surface area contributed by atoms with E-state index in [-0.39, 0.29) is 5.70 Å². The quantitative estimate of drug-likeness (QED) is 0.482. The number of hydrogen-bond donors (Lipinski definition) is 1. The Morgan fingerprint density at radius 2 is 2.00 bits per heavy atom. The van der Waals surface area contributed by atoms with E-state index in [1.54, 1.807) is 18.2 Å². The van der Waals surface area contributed by atoms with Crippen LogP contribution in [-0.4, -0.2) is 26.2 Å². The first-order chi connectivity index (χ1) is 8.97. The number of carbonyl (C=O) groups excluding carboxylic acids is 2. The first kappa shape index (κ1) is 15.8. The molecular formula is C12H11ClINO4. The van der Waals surface area contributed by atoms with E-state index in [9.17, 15) is 9.59 Å². The van der Waals surface area contributed by atoms with Crippen molar-refractivity contribution in [2.24, 2.45) is 0 Å². The number of benzene rings is 1. The van der Waals surface area contributed by atoms with Crippen molar-refractivity contribution in [2.45, 2.75) is 0 Å². The van der Waals surface area contributed by atoms with Crippen LogP contribution >= 0.6 is 34.2 Å². The summed E-state index contributed by atoms with van der Waals surface area (Å²) in [5.41, 5.74) is 0.559. The molecule has 102 valence electrons. The van der Waals surface area contributed by atoms with Gasteiger partial charge in [-0.15, -0.1) is 0 Å². The van der Waals surface area contributed by atoms with E-state index in [0.717, 1.165) is 9.65 Å². The molecule has 0 atom stereocenters. The lowest BCUT2D eigenvalue weighted by Crippen LogP contribution is -2.16. The van der Waals surface area contributed by atoms with Gasteiger partial charge in [0.15, 0.2) is 0 Å². The average molecular weight is 396 g/mol. The highest BCUT2D eigenvalue weighted by Crippen LogP contribution is 2.24. The van der Waals surface area contributed by atoms with Crippen molar-refractivity contribution in [3.63, 3.8) is 0 Å². The predicted octanol–water partition coefficient (Wildman–Crippen LogP) is 2.59. The van der Waals surface area contributed by atoms with E-state index in [1.807, 2.05) is 0 Å². The molecule has 0 aliphatic rings. The van der Waals surface area contributed by atoms with Crippen LogP contribution in [0.3, 0.4) is 0 Å². The second kappa shape index (κ2) is 7.34. The minimum absolute atomic E-state index is 0.0328. The van der Waals surface area contributed by atoms with Gasteiger partial charge in [0.05, 0.1) is 26.0 Å². The number of rotatable bonds is 4. The molecule has 0 radical (unpaired) electrons. The van der Waals surface area contributed by atoms with Gasteiger partial charge < -0.3 is 14.8 Å². The molecule has 0 aliphatic carbocycles. The van der Waals surface area contributed by atoms with E-state index in [4.69, 9.17) is 11.6 Å². The highest BCUT2D eigenvalue weighted by molar-refractivity contribution is 14.1. The third-order valence-corrected chi connectivity index (χ3v) is 3.24. The Bertz CT molecular complexity index is 530. The van der Waals surface area contributed by atoms with Gasteiger partial charge in [-0.2, -0.15) is 0 Å². The van der Waals surface area contributed by atoms with Crippen LogP contribution in [-0.2, 0) is 19.1 Å². The number of esters is 2. The van der Waals surface area contributed by atoms with Crippen molar-refractivity contribution >= 4 is 51.8 Å². The van der Waals surface area contributed by atoms with Gasteiger partial charge in [0.2, 0.25) is 0 Å². The van der Waals surface area contributed by atoms with E-state index in [0.29, 0.717) is 10.7 Å². The van der Waals surface area contributed by atoms with Gasteiger partial charge in [-0.3, -0.25) is 0 Å². The minimum Gasteiger partial charge on any atom is -0.466 e. The van der Waals surface area contributed by atoms with Crippen molar-refractivity contribution in [2.75, 3.05) is 19.5 Å². The summed E-state index contributed by atoms with van der Waals surface area (Å²) in [5, 5.41) is 3.30. The number of hydrogen-bond acceptors (Lipinski definition) is 5. The summed E-state index contributed by atoms with van der Waals surface area (Å²) < 4.78 is 9.90. The first-order valence-electron chi connectivity index (χ1n) is 5.08. The summed E-state index contributed by atoms with van der Waals surface area (Å²) in [4.78, 5) is 22.8. The van der Waals surface area contributed by atoms with Crippen LogP contribution < -0.4 is 5.32 Å². The molecule has 1 aromatic carbocycles. The molecule has 19 heavy (non-hydrogen) atoms. The predicted molar refractivity (Wildman–Crippen MR) is 79.9 cm³/mol. The van der Waals surface area contributed by atoms with E-state index < -0.39 is 11.9 Å².